The summed E-state index contributed by atoms with van der Waals surface area (Å²) in [6.07, 6.45) is 1.80. The number of nitriles is 1. The molecule has 0 saturated carbocycles. The van der Waals surface area contributed by atoms with Crippen LogP contribution in [0, 0.1) is 17.2 Å². The molecule has 3 nitrogen and oxygen atoms in total. The molecule has 0 bridgehead atoms. The summed E-state index contributed by atoms with van der Waals surface area (Å²) in [4.78, 5) is 13.4. The van der Waals surface area contributed by atoms with Crippen molar-refractivity contribution in [3.8, 4) is 6.07 Å². The van der Waals surface area contributed by atoms with Crippen LogP contribution in [0.2, 0.25) is 0 Å². The highest BCUT2D eigenvalue weighted by Crippen LogP contribution is 2.29. The van der Waals surface area contributed by atoms with Crippen LogP contribution < -0.4 is 4.90 Å². The van der Waals surface area contributed by atoms with E-state index >= 15 is 0 Å². The second-order valence-electron chi connectivity index (χ2n) is 3.35. The minimum absolute atomic E-state index is 0.150. The minimum atomic E-state index is 0.150. The van der Waals surface area contributed by atoms with Crippen molar-refractivity contribution in [3.63, 3.8) is 0 Å². The van der Waals surface area contributed by atoms with Crippen LogP contribution in [0.15, 0.2) is 12.1 Å². The molecule has 2 heterocycles. The number of nitrogens with zero attached hydrogens (tertiary/aromatic N) is 2. The maximum absolute atomic E-state index is 10.5. The first-order valence-corrected chi connectivity index (χ1v) is 5.34. The highest BCUT2D eigenvalue weighted by atomic mass is 32.1. The second-order valence-corrected chi connectivity index (χ2v) is 4.45. The average molecular weight is 206 g/mol. The third-order valence-electron chi connectivity index (χ3n) is 2.41. The van der Waals surface area contributed by atoms with E-state index in [4.69, 9.17) is 5.26 Å². The van der Waals surface area contributed by atoms with Gasteiger partial charge in [-0.15, -0.1) is 11.3 Å². The maximum Gasteiger partial charge on any atom is 0.160 e. The molecule has 1 aliphatic heterocycles. The molecule has 0 spiro atoms. The minimum Gasteiger partial charge on any atom is -0.362 e. The number of thiophene rings is 1. The Balaban J connectivity index is 2.10. The SMILES string of the molecule is N#CC1CCN(c2ccc(C=O)s2)C1. The van der Waals surface area contributed by atoms with Gasteiger partial charge in [0.05, 0.1) is 21.9 Å². The summed E-state index contributed by atoms with van der Waals surface area (Å²) in [7, 11) is 0. The van der Waals surface area contributed by atoms with Crippen LogP contribution in [0.3, 0.4) is 0 Å². The van der Waals surface area contributed by atoms with Crippen molar-refractivity contribution in [3.05, 3.63) is 17.0 Å². The zero-order chi connectivity index (χ0) is 9.97. The van der Waals surface area contributed by atoms with E-state index in [0.717, 1.165) is 35.7 Å². The predicted molar refractivity (Wildman–Crippen MR) is 55.6 cm³/mol. The molecule has 1 unspecified atom stereocenters. The first kappa shape index (κ1) is 9.22. The Bertz CT molecular complexity index is 380. The van der Waals surface area contributed by atoms with E-state index in [1.165, 1.54) is 11.3 Å². The van der Waals surface area contributed by atoms with Crippen molar-refractivity contribution < 1.29 is 4.79 Å². The van der Waals surface area contributed by atoms with Crippen LogP contribution in [-0.4, -0.2) is 19.4 Å². The normalized spacial score (nSPS) is 20.8. The first-order chi connectivity index (χ1) is 6.83. The van der Waals surface area contributed by atoms with Gasteiger partial charge >= 0.3 is 0 Å². The zero-order valence-electron chi connectivity index (χ0n) is 7.64. The fourth-order valence-electron chi connectivity index (χ4n) is 1.64. The van der Waals surface area contributed by atoms with Crippen LogP contribution in [0.1, 0.15) is 16.1 Å². The monoisotopic (exact) mass is 206 g/mol. The molecule has 1 atom stereocenters. The summed E-state index contributed by atoms with van der Waals surface area (Å²) in [6.45, 7) is 1.73. The fraction of sp³-hybridized carbons (Fsp3) is 0.400. The lowest BCUT2D eigenvalue weighted by Gasteiger charge is -2.14. The van der Waals surface area contributed by atoms with E-state index < -0.39 is 0 Å². The highest BCUT2D eigenvalue weighted by molar-refractivity contribution is 7.17. The van der Waals surface area contributed by atoms with Crippen LogP contribution in [0.5, 0.6) is 0 Å². The molecular weight excluding hydrogens is 196 g/mol. The van der Waals surface area contributed by atoms with Gasteiger partial charge in [-0.25, -0.2) is 0 Å². The van der Waals surface area contributed by atoms with Gasteiger partial charge in [0.2, 0.25) is 0 Å². The van der Waals surface area contributed by atoms with Crippen LogP contribution in [0.25, 0.3) is 0 Å². The quantitative estimate of drug-likeness (QED) is 0.694. The largest absolute Gasteiger partial charge is 0.362 e. The van der Waals surface area contributed by atoms with Gasteiger partial charge in [0.1, 0.15) is 0 Å². The lowest BCUT2D eigenvalue weighted by atomic mass is 10.1. The Labute approximate surface area is 86.6 Å². The van der Waals surface area contributed by atoms with Crippen molar-refractivity contribution in [1.82, 2.24) is 0 Å². The molecule has 0 N–H and O–H groups in total. The smallest absolute Gasteiger partial charge is 0.160 e. The molecule has 1 aromatic rings. The predicted octanol–water partition coefficient (Wildman–Crippen LogP) is 1.91. The van der Waals surface area contributed by atoms with E-state index in [1.54, 1.807) is 0 Å². The first-order valence-electron chi connectivity index (χ1n) is 4.53. The Morgan fingerprint density at radius 3 is 3.07 bits per heavy atom. The van der Waals surface area contributed by atoms with E-state index in [1.807, 2.05) is 12.1 Å². The summed E-state index contributed by atoms with van der Waals surface area (Å²) in [5, 5.41) is 9.85. The fourth-order valence-corrected chi connectivity index (χ4v) is 2.50. The molecule has 0 radical (unpaired) electrons. The number of hydrogen-bond acceptors (Lipinski definition) is 4. The lowest BCUT2D eigenvalue weighted by molar-refractivity contribution is 0.112. The summed E-state index contributed by atoms with van der Waals surface area (Å²) < 4.78 is 0. The van der Waals surface area contributed by atoms with Crippen LogP contribution >= 0.6 is 11.3 Å². The third-order valence-corrected chi connectivity index (χ3v) is 3.48. The molecule has 14 heavy (non-hydrogen) atoms. The standard InChI is InChI=1S/C10H10N2OS/c11-5-8-3-4-12(6-8)10-2-1-9(7-13)14-10/h1-2,7-8H,3-4,6H2. The molecule has 0 amide bonds. The Morgan fingerprint density at radius 2 is 2.50 bits per heavy atom. The van der Waals surface area contributed by atoms with Crippen molar-refractivity contribution in [2.24, 2.45) is 5.92 Å². The molecule has 0 aromatic carbocycles. The van der Waals surface area contributed by atoms with Gasteiger partial charge in [0.25, 0.3) is 0 Å². The van der Waals surface area contributed by atoms with Crippen molar-refractivity contribution in [1.29, 1.82) is 5.26 Å². The molecule has 1 saturated heterocycles. The molecule has 72 valence electrons. The van der Waals surface area contributed by atoms with Crippen LogP contribution in [0.4, 0.5) is 5.00 Å². The number of anilines is 1. The van der Waals surface area contributed by atoms with Gasteiger partial charge in [0.15, 0.2) is 6.29 Å². The number of hydrogen-bond donors (Lipinski definition) is 0. The summed E-state index contributed by atoms with van der Waals surface area (Å²) >= 11 is 1.49. The lowest BCUT2D eigenvalue weighted by Crippen LogP contribution is -2.17. The second kappa shape index (κ2) is 3.81. The molecule has 2 rings (SSSR count). The number of carbonyl (C=O) groups excluding carboxylic acids is 1. The molecule has 0 aliphatic carbocycles. The molecule has 1 fully saturated rings. The van der Waals surface area contributed by atoms with Gasteiger partial charge in [0, 0.05) is 13.1 Å². The molecule has 1 aliphatic rings. The van der Waals surface area contributed by atoms with Crippen molar-refractivity contribution in [2.75, 3.05) is 18.0 Å². The van der Waals surface area contributed by atoms with Crippen LogP contribution in [-0.2, 0) is 0 Å². The van der Waals surface area contributed by atoms with E-state index in [2.05, 4.69) is 11.0 Å². The van der Waals surface area contributed by atoms with Gasteiger partial charge in [-0.3, -0.25) is 4.79 Å². The zero-order valence-corrected chi connectivity index (χ0v) is 8.46. The Kier molecular flexibility index (Phi) is 2.51. The van der Waals surface area contributed by atoms with E-state index in [9.17, 15) is 4.79 Å². The van der Waals surface area contributed by atoms with Crippen molar-refractivity contribution >= 4 is 22.6 Å². The third kappa shape index (κ3) is 1.64. The van der Waals surface area contributed by atoms with Gasteiger partial charge in [-0.2, -0.15) is 5.26 Å². The Hall–Kier alpha value is -1.34. The van der Waals surface area contributed by atoms with Gasteiger partial charge in [-0.05, 0) is 18.6 Å². The molecule has 1 aromatic heterocycles. The summed E-state index contributed by atoms with van der Waals surface area (Å²) in [6, 6.07) is 6.06. The maximum atomic E-state index is 10.5. The number of aldehydes is 1. The van der Waals surface area contributed by atoms with Gasteiger partial charge in [-0.1, -0.05) is 0 Å². The molecular formula is C10H10N2OS. The average Bonchev–Trinajstić information content (AvgIpc) is 2.86. The van der Waals surface area contributed by atoms with E-state index in [0.29, 0.717) is 0 Å². The Morgan fingerprint density at radius 1 is 1.64 bits per heavy atom. The summed E-state index contributed by atoms with van der Waals surface area (Å²) in [5.41, 5.74) is 0. The van der Waals surface area contributed by atoms with E-state index in [-0.39, 0.29) is 5.92 Å². The van der Waals surface area contributed by atoms with Gasteiger partial charge < -0.3 is 4.90 Å². The topological polar surface area (TPSA) is 44.1 Å². The van der Waals surface area contributed by atoms with Crippen molar-refractivity contribution in [2.45, 2.75) is 6.42 Å². The number of rotatable bonds is 2. The highest BCUT2D eigenvalue weighted by Gasteiger charge is 2.23. The summed E-state index contributed by atoms with van der Waals surface area (Å²) in [5.74, 6) is 0.150. The molecule has 4 heteroatoms. The number of carbonyl (C=O) groups is 1.